The summed E-state index contributed by atoms with van der Waals surface area (Å²) in [4.78, 5) is 35.9. The number of carbonyl (C=O) groups is 2. The summed E-state index contributed by atoms with van der Waals surface area (Å²) in [7, 11) is 0. The third-order valence-electron chi connectivity index (χ3n) is 6.13. The van der Waals surface area contributed by atoms with Gasteiger partial charge in [-0.05, 0) is 55.3 Å². The standard InChI is InChI=1S/C31H25N3O3/c1-20-12-13-21(2)27(18-20)34-30(35)29(23-8-4-3-5-9-23)37-31(36)25-19-28(22-14-16-32-17-15-22)33-26-11-7-6-10-24(25)26/h3-19,29H,1-2H3,(H,34,35). The lowest BCUT2D eigenvalue weighted by molar-refractivity contribution is -0.125. The van der Waals surface area contributed by atoms with Crippen molar-refractivity contribution in [1.29, 1.82) is 0 Å². The molecule has 0 saturated carbocycles. The fourth-order valence-corrected chi connectivity index (χ4v) is 4.15. The number of benzene rings is 3. The maximum atomic E-state index is 13.7. The number of rotatable bonds is 6. The Bertz CT molecular complexity index is 1580. The van der Waals surface area contributed by atoms with Gasteiger partial charge in [0.05, 0.1) is 16.8 Å². The van der Waals surface area contributed by atoms with Gasteiger partial charge in [0.25, 0.3) is 5.91 Å². The smallest absolute Gasteiger partial charge is 0.340 e. The maximum Gasteiger partial charge on any atom is 0.340 e. The van der Waals surface area contributed by atoms with E-state index in [1.54, 1.807) is 30.6 Å². The van der Waals surface area contributed by atoms with Crippen molar-refractivity contribution in [3.8, 4) is 11.3 Å². The molecule has 1 unspecified atom stereocenters. The monoisotopic (exact) mass is 487 g/mol. The summed E-state index contributed by atoms with van der Waals surface area (Å²) in [5.74, 6) is -1.04. The topological polar surface area (TPSA) is 81.2 Å². The number of hydrogen-bond acceptors (Lipinski definition) is 5. The molecule has 0 saturated heterocycles. The van der Waals surface area contributed by atoms with E-state index in [1.807, 2.05) is 86.6 Å². The molecule has 1 N–H and O–H groups in total. The molecule has 5 aromatic rings. The zero-order chi connectivity index (χ0) is 25.8. The minimum absolute atomic E-state index is 0.331. The van der Waals surface area contributed by atoms with Crippen LogP contribution >= 0.6 is 0 Å². The van der Waals surface area contributed by atoms with Crippen molar-refractivity contribution >= 4 is 28.5 Å². The molecule has 0 aliphatic heterocycles. The van der Waals surface area contributed by atoms with Gasteiger partial charge in [0, 0.05) is 34.6 Å². The van der Waals surface area contributed by atoms with Crippen molar-refractivity contribution in [3.63, 3.8) is 0 Å². The van der Waals surface area contributed by atoms with Crippen LogP contribution in [0, 0.1) is 13.8 Å². The van der Waals surface area contributed by atoms with E-state index < -0.39 is 18.0 Å². The number of anilines is 1. The van der Waals surface area contributed by atoms with Gasteiger partial charge in [-0.2, -0.15) is 0 Å². The van der Waals surface area contributed by atoms with E-state index in [-0.39, 0.29) is 0 Å². The number of esters is 1. The van der Waals surface area contributed by atoms with Crippen LogP contribution in [0.3, 0.4) is 0 Å². The van der Waals surface area contributed by atoms with Crippen molar-refractivity contribution in [2.75, 3.05) is 5.32 Å². The summed E-state index contributed by atoms with van der Waals surface area (Å²) < 4.78 is 5.93. The molecule has 2 aromatic heterocycles. The highest BCUT2D eigenvalue weighted by atomic mass is 16.5. The number of nitrogens with zero attached hydrogens (tertiary/aromatic N) is 2. The Labute approximate surface area is 215 Å². The van der Waals surface area contributed by atoms with E-state index in [0.29, 0.717) is 33.4 Å². The number of nitrogens with one attached hydrogen (secondary N) is 1. The Morgan fingerprint density at radius 2 is 1.57 bits per heavy atom. The van der Waals surface area contributed by atoms with Gasteiger partial charge in [-0.25, -0.2) is 9.78 Å². The van der Waals surface area contributed by atoms with Crippen LogP contribution in [0.4, 0.5) is 5.69 Å². The van der Waals surface area contributed by atoms with Crippen LogP contribution in [0.15, 0.2) is 103 Å². The van der Waals surface area contributed by atoms with E-state index in [0.717, 1.165) is 16.7 Å². The summed E-state index contributed by atoms with van der Waals surface area (Å²) in [5.41, 5.74) is 5.60. The van der Waals surface area contributed by atoms with Gasteiger partial charge in [0.15, 0.2) is 0 Å². The normalized spacial score (nSPS) is 11.6. The summed E-state index contributed by atoms with van der Waals surface area (Å²) in [5, 5.41) is 3.59. The molecule has 6 heteroatoms. The molecule has 37 heavy (non-hydrogen) atoms. The summed E-state index contributed by atoms with van der Waals surface area (Å²) >= 11 is 0. The lowest BCUT2D eigenvalue weighted by Crippen LogP contribution is -2.26. The van der Waals surface area contributed by atoms with Crippen molar-refractivity contribution in [2.24, 2.45) is 0 Å². The van der Waals surface area contributed by atoms with E-state index in [2.05, 4.69) is 10.3 Å². The summed E-state index contributed by atoms with van der Waals surface area (Å²) in [6.07, 6.45) is 2.20. The van der Waals surface area contributed by atoms with Gasteiger partial charge in [-0.15, -0.1) is 0 Å². The first-order chi connectivity index (χ1) is 18.0. The Morgan fingerprint density at radius 3 is 2.35 bits per heavy atom. The van der Waals surface area contributed by atoms with Gasteiger partial charge in [0.2, 0.25) is 6.10 Å². The maximum absolute atomic E-state index is 13.7. The van der Waals surface area contributed by atoms with Crippen LogP contribution < -0.4 is 5.32 Å². The number of para-hydroxylation sites is 1. The first-order valence-electron chi connectivity index (χ1n) is 11.9. The van der Waals surface area contributed by atoms with Crippen LogP contribution in [-0.4, -0.2) is 21.8 Å². The predicted molar refractivity (Wildman–Crippen MR) is 144 cm³/mol. The molecule has 0 aliphatic carbocycles. The number of carbonyl (C=O) groups excluding carboxylic acids is 2. The molecule has 2 heterocycles. The van der Waals surface area contributed by atoms with Gasteiger partial charge in [0.1, 0.15) is 0 Å². The average Bonchev–Trinajstić information content (AvgIpc) is 2.94. The molecule has 5 rings (SSSR count). The Kier molecular flexibility index (Phi) is 6.72. The van der Waals surface area contributed by atoms with E-state index >= 15 is 0 Å². The first kappa shape index (κ1) is 23.9. The van der Waals surface area contributed by atoms with Crippen LogP contribution in [0.2, 0.25) is 0 Å². The molecule has 182 valence electrons. The highest BCUT2D eigenvalue weighted by Crippen LogP contribution is 2.28. The minimum atomic E-state index is -1.15. The number of amides is 1. The molecule has 3 aromatic carbocycles. The highest BCUT2D eigenvalue weighted by Gasteiger charge is 2.27. The van der Waals surface area contributed by atoms with E-state index in [4.69, 9.17) is 9.72 Å². The molecule has 0 aliphatic rings. The van der Waals surface area contributed by atoms with Crippen LogP contribution in [0.1, 0.15) is 33.2 Å². The third kappa shape index (κ3) is 5.23. The fraction of sp³-hybridized carbons (Fsp3) is 0.0968. The molecular formula is C31H25N3O3. The van der Waals surface area contributed by atoms with Crippen molar-refractivity contribution in [2.45, 2.75) is 20.0 Å². The van der Waals surface area contributed by atoms with Crippen molar-refractivity contribution in [3.05, 3.63) is 126 Å². The van der Waals surface area contributed by atoms with E-state index in [1.165, 1.54) is 0 Å². The van der Waals surface area contributed by atoms with Gasteiger partial charge in [-0.1, -0.05) is 60.7 Å². The van der Waals surface area contributed by atoms with E-state index in [9.17, 15) is 9.59 Å². The second-order valence-electron chi connectivity index (χ2n) is 8.81. The number of pyridine rings is 2. The first-order valence-corrected chi connectivity index (χ1v) is 11.9. The molecule has 6 nitrogen and oxygen atoms in total. The molecule has 1 atom stereocenters. The van der Waals surface area contributed by atoms with Crippen LogP contribution in [-0.2, 0) is 9.53 Å². The van der Waals surface area contributed by atoms with Gasteiger partial charge in [-0.3, -0.25) is 9.78 Å². The number of aromatic nitrogens is 2. The zero-order valence-corrected chi connectivity index (χ0v) is 20.5. The third-order valence-corrected chi connectivity index (χ3v) is 6.13. The Balaban J connectivity index is 1.53. The molecule has 0 radical (unpaired) electrons. The molecule has 0 bridgehead atoms. The average molecular weight is 488 g/mol. The highest BCUT2D eigenvalue weighted by molar-refractivity contribution is 6.06. The minimum Gasteiger partial charge on any atom is -0.444 e. The van der Waals surface area contributed by atoms with Crippen molar-refractivity contribution < 1.29 is 14.3 Å². The number of hydrogen-bond donors (Lipinski definition) is 1. The van der Waals surface area contributed by atoms with Gasteiger partial charge < -0.3 is 10.1 Å². The summed E-state index contributed by atoms with van der Waals surface area (Å²) in [6.45, 7) is 3.88. The number of ether oxygens (including phenoxy) is 1. The lowest BCUT2D eigenvalue weighted by Gasteiger charge is -2.20. The zero-order valence-electron chi connectivity index (χ0n) is 20.5. The molecule has 0 spiro atoms. The number of aryl methyl sites for hydroxylation is 2. The van der Waals surface area contributed by atoms with Crippen LogP contribution in [0.25, 0.3) is 22.2 Å². The Hall–Kier alpha value is -4.84. The Morgan fingerprint density at radius 1 is 0.838 bits per heavy atom. The van der Waals surface area contributed by atoms with Crippen molar-refractivity contribution in [1.82, 2.24) is 9.97 Å². The van der Waals surface area contributed by atoms with Gasteiger partial charge >= 0.3 is 5.97 Å². The lowest BCUT2D eigenvalue weighted by atomic mass is 10.0. The SMILES string of the molecule is Cc1ccc(C)c(NC(=O)C(OC(=O)c2cc(-c3ccncc3)nc3ccccc23)c2ccccc2)c1. The quantitative estimate of drug-likeness (QED) is 0.278. The molecular weight excluding hydrogens is 462 g/mol. The predicted octanol–water partition coefficient (Wildman–Crippen LogP) is 6.45. The summed E-state index contributed by atoms with van der Waals surface area (Å²) in [6, 6.07) is 27.6. The number of fused-ring (bicyclic) bond motifs is 1. The second kappa shape index (κ2) is 10.4. The molecule has 1 amide bonds. The second-order valence-corrected chi connectivity index (χ2v) is 8.81. The molecule has 0 fully saturated rings. The largest absolute Gasteiger partial charge is 0.444 e. The fourth-order valence-electron chi connectivity index (χ4n) is 4.15. The van der Waals surface area contributed by atoms with Crippen LogP contribution in [0.5, 0.6) is 0 Å².